The normalized spacial score (nSPS) is 20.7. The third-order valence-corrected chi connectivity index (χ3v) is 5.65. The van der Waals surface area contributed by atoms with Crippen molar-refractivity contribution in [1.82, 2.24) is 9.80 Å². The van der Waals surface area contributed by atoms with E-state index in [1.54, 1.807) is 0 Å². The number of aryl methyl sites for hydroxylation is 1. The Morgan fingerprint density at radius 2 is 1.89 bits per heavy atom. The number of carbonyl (C=O) groups is 1. The van der Waals surface area contributed by atoms with Crippen LogP contribution in [-0.2, 0) is 9.53 Å². The number of hydrogen-bond donors (Lipinski definition) is 0. The molecule has 0 spiro atoms. The van der Waals surface area contributed by atoms with Crippen LogP contribution in [0.4, 0.5) is 0 Å². The maximum absolute atomic E-state index is 13.1. The van der Waals surface area contributed by atoms with Crippen molar-refractivity contribution in [3.8, 4) is 5.75 Å². The number of rotatable bonds is 6. The minimum absolute atomic E-state index is 0.135. The number of morpholine rings is 1. The second kappa shape index (κ2) is 9.56. The van der Waals surface area contributed by atoms with Crippen molar-refractivity contribution >= 4 is 5.91 Å². The van der Waals surface area contributed by atoms with Gasteiger partial charge in [-0.3, -0.25) is 9.69 Å². The Morgan fingerprint density at radius 1 is 1.19 bits per heavy atom. The molecule has 1 aromatic rings. The second-order valence-corrected chi connectivity index (χ2v) is 8.28. The first-order valence-corrected chi connectivity index (χ1v) is 10.3. The van der Waals surface area contributed by atoms with Gasteiger partial charge in [0.25, 0.3) is 5.91 Å². The van der Waals surface area contributed by atoms with Crippen molar-refractivity contribution < 1.29 is 14.3 Å². The highest BCUT2D eigenvalue weighted by molar-refractivity contribution is 5.81. The molecule has 0 aliphatic carbocycles. The molecular formula is C22H34N2O3. The van der Waals surface area contributed by atoms with E-state index >= 15 is 0 Å². The van der Waals surface area contributed by atoms with Crippen LogP contribution in [0.25, 0.3) is 0 Å². The SMILES string of the molecule is Cc1cccc(O[C@H](C(=O)N2CCC(CN3CCOCC3)CC2)C(C)C)c1. The van der Waals surface area contributed by atoms with Gasteiger partial charge in [0, 0.05) is 32.7 Å². The van der Waals surface area contributed by atoms with Crippen LogP contribution < -0.4 is 4.74 Å². The van der Waals surface area contributed by atoms with Gasteiger partial charge in [0.1, 0.15) is 5.75 Å². The summed E-state index contributed by atoms with van der Waals surface area (Å²) >= 11 is 0. The summed E-state index contributed by atoms with van der Waals surface area (Å²) in [4.78, 5) is 17.6. The molecule has 0 radical (unpaired) electrons. The molecule has 2 fully saturated rings. The van der Waals surface area contributed by atoms with Gasteiger partial charge in [-0.25, -0.2) is 0 Å². The van der Waals surface area contributed by atoms with Gasteiger partial charge in [-0.05, 0) is 49.3 Å². The molecule has 1 atom stereocenters. The van der Waals surface area contributed by atoms with E-state index in [9.17, 15) is 4.79 Å². The molecule has 5 heteroatoms. The Kier molecular flexibility index (Phi) is 7.13. The second-order valence-electron chi connectivity index (χ2n) is 8.28. The van der Waals surface area contributed by atoms with Gasteiger partial charge in [-0.1, -0.05) is 26.0 Å². The summed E-state index contributed by atoms with van der Waals surface area (Å²) in [6.45, 7) is 12.8. The summed E-state index contributed by atoms with van der Waals surface area (Å²) in [6.07, 6.45) is 1.75. The van der Waals surface area contributed by atoms with Crippen LogP contribution in [0, 0.1) is 18.8 Å². The summed E-state index contributed by atoms with van der Waals surface area (Å²) in [5, 5.41) is 0. The number of ether oxygens (including phenoxy) is 2. The fraction of sp³-hybridized carbons (Fsp3) is 0.682. The van der Waals surface area contributed by atoms with E-state index in [2.05, 4.69) is 18.7 Å². The van der Waals surface area contributed by atoms with Crippen LogP contribution in [-0.4, -0.2) is 67.7 Å². The number of likely N-dealkylation sites (tertiary alicyclic amines) is 1. The van der Waals surface area contributed by atoms with Gasteiger partial charge in [-0.15, -0.1) is 0 Å². The fourth-order valence-electron chi connectivity index (χ4n) is 3.97. The lowest BCUT2D eigenvalue weighted by molar-refractivity contribution is -0.142. The fourth-order valence-corrected chi connectivity index (χ4v) is 3.97. The molecule has 3 rings (SSSR count). The first-order valence-electron chi connectivity index (χ1n) is 10.3. The van der Waals surface area contributed by atoms with Crippen molar-refractivity contribution in [2.24, 2.45) is 11.8 Å². The van der Waals surface area contributed by atoms with Gasteiger partial charge < -0.3 is 14.4 Å². The van der Waals surface area contributed by atoms with Crippen LogP contribution in [0.1, 0.15) is 32.3 Å². The Hall–Kier alpha value is -1.59. The highest BCUT2D eigenvalue weighted by Gasteiger charge is 2.32. The molecule has 150 valence electrons. The van der Waals surface area contributed by atoms with Gasteiger partial charge in [0.05, 0.1) is 13.2 Å². The quantitative estimate of drug-likeness (QED) is 0.768. The minimum atomic E-state index is -0.414. The largest absolute Gasteiger partial charge is 0.480 e. The molecule has 27 heavy (non-hydrogen) atoms. The summed E-state index contributed by atoms with van der Waals surface area (Å²) in [7, 11) is 0. The molecule has 1 amide bonds. The molecule has 2 heterocycles. The average molecular weight is 375 g/mol. The standard InChI is InChI=1S/C22H34N2O3/c1-17(2)21(27-20-6-4-5-18(3)15-20)22(25)24-9-7-19(8-10-24)16-23-11-13-26-14-12-23/h4-6,15,17,19,21H,7-14,16H2,1-3H3/t21-/m0/s1. The van der Waals surface area contributed by atoms with E-state index in [0.717, 1.165) is 70.1 Å². The maximum Gasteiger partial charge on any atom is 0.263 e. The van der Waals surface area contributed by atoms with Crippen LogP contribution in [0.5, 0.6) is 5.75 Å². The van der Waals surface area contributed by atoms with Crippen molar-refractivity contribution in [3.05, 3.63) is 29.8 Å². The average Bonchev–Trinajstić information content (AvgIpc) is 2.67. The molecule has 0 saturated carbocycles. The van der Waals surface area contributed by atoms with Gasteiger partial charge in [0.2, 0.25) is 0 Å². The molecule has 0 aromatic heterocycles. The number of benzene rings is 1. The van der Waals surface area contributed by atoms with Crippen molar-refractivity contribution in [2.75, 3.05) is 45.9 Å². The number of nitrogens with zero attached hydrogens (tertiary/aromatic N) is 2. The maximum atomic E-state index is 13.1. The van der Waals surface area contributed by atoms with Gasteiger partial charge in [0.15, 0.2) is 6.10 Å². The zero-order valence-electron chi connectivity index (χ0n) is 17.0. The zero-order valence-corrected chi connectivity index (χ0v) is 17.0. The van der Waals surface area contributed by atoms with E-state index in [1.165, 1.54) is 0 Å². The molecule has 5 nitrogen and oxygen atoms in total. The van der Waals surface area contributed by atoms with Crippen LogP contribution >= 0.6 is 0 Å². The molecule has 2 saturated heterocycles. The topological polar surface area (TPSA) is 42.0 Å². The van der Waals surface area contributed by atoms with Crippen molar-refractivity contribution in [1.29, 1.82) is 0 Å². The third kappa shape index (κ3) is 5.69. The summed E-state index contributed by atoms with van der Waals surface area (Å²) in [5.74, 6) is 1.74. The highest BCUT2D eigenvalue weighted by atomic mass is 16.5. The Morgan fingerprint density at radius 3 is 2.52 bits per heavy atom. The molecule has 0 unspecified atom stereocenters. The smallest absolute Gasteiger partial charge is 0.263 e. The summed E-state index contributed by atoms with van der Waals surface area (Å²) < 4.78 is 11.5. The van der Waals surface area contributed by atoms with E-state index < -0.39 is 6.10 Å². The highest BCUT2D eigenvalue weighted by Crippen LogP contribution is 2.23. The van der Waals surface area contributed by atoms with E-state index in [-0.39, 0.29) is 11.8 Å². The van der Waals surface area contributed by atoms with Crippen molar-refractivity contribution in [3.63, 3.8) is 0 Å². The predicted octanol–water partition coefficient (Wildman–Crippen LogP) is 2.97. The lowest BCUT2D eigenvalue weighted by atomic mass is 9.95. The lowest BCUT2D eigenvalue weighted by Crippen LogP contribution is -2.49. The van der Waals surface area contributed by atoms with E-state index in [4.69, 9.17) is 9.47 Å². The molecular weight excluding hydrogens is 340 g/mol. The van der Waals surface area contributed by atoms with Crippen LogP contribution in [0.2, 0.25) is 0 Å². The number of amides is 1. The van der Waals surface area contributed by atoms with Gasteiger partial charge in [-0.2, -0.15) is 0 Å². The number of carbonyl (C=O) groups excluding carboxylic acids is 1. The molecule has 2 aliphatic heterocycles. The van der Waals surface area contributed by atoms with Crippen LogP contribution in [0.15, 0.2) is 24.3 Å². The monoisotopic (exact) mass is 374 g/mol. The predicted molar refractivity (Wildman–Crippen MR) is 107 cm³/mol. The van der Waals surface area contributed by atoms with Crippen molar-refractivity contribution in [2.45, 2.75) is 39.7 Å². The first-order chi connectivity index (χ1) is 13.0. The summed E-state index contributed by atoms with van der Waals surface area (Å²) in [6, 6.07) is 7.95. The van der Waals surface area contributed by atoms with E-state index in [1.807, 2.05) is 36.1 Å². The van der Waals surface area contributed by atoms with Crippen LogP contribution in [0.3, 0.4) is 0 Å². The first kappa shape index (κ1) is 20.2. The Bertz CT molecular complexity index is 605. The summed E-state index contributed by atoms with van der Waals surface area (Å²) in [5.41, 5.74) is 1.14. The molecule has 1 aromatic carbocycles. The number of hydrogen-bond acceptors (Lipinski definition) is 4. The Labute approximate surface area is 163 Å². The zero-order chi connectivity index (χ0) is 19.2. The minimum Gasteiger partial charge on any atom is -0.480 e. The van der Waals surface area contributed by atoms with E-state index in [0.29, 0.717) is 5.92 Å². The lowest BCUT2D eigenvalue weighted by Gasteiger charge is -2.37. The van der Waals surface area contributed by atoms with Gasteiger partial charge >= 0.3 is 0 Å². The molecule has 0 N–H and O–H groups in total. The molecule has 2 aliphatic rings. The molecule has 0 bridgehead atoms. The number of piperidine rings is 1. The Balaban J connectivity index is 1.52. The third-order valence-electron chi connectivity index (χ3n) is 5.65.